The van der Waals surface area contributed by atoms with Gasteiger partial charge in [0, 0.05) is 6.42 Å². The molecule has 1 heteroatoms. The summed E-state index contributed by atoms with van der Waals surface area (Å²) in [5, 5.41) is 0. The third-order valence-corrected chi connectivity index (χ3v) is 2.68. The van der Waals surface area contributed by atoms with Gasteiger partial charge < -0.3 is 0 Å². The fraction of sp³-hybridized carbons (Fsp3) is 0.727. The first-order chi connectivity index (χ1) is 5.75. The molecule has 1 rings (SSSR count). The second-order valence-corrected chi connectivity index (χ2v) is 3.61. The molecule has 0 aromatic carbocycles. The van der Waals surface area contributed by atoms with E-state index >= 15 is 0 Å². The van der Waals surface area contributed by atoms with Gasteiger partial charge in [-0.1, -0.05) is 25.3 Å². The maximum absolute atomic E-state index is 11.2. The van der Waals surface area contributed by atoms with Crippen molar-refractivity contribution in [3.05, 3.63) is 11.1 Å². The Morgan fingerprint density at radius 1 is 1.25 bits per heavy atom. The summed E-state index contributed by atoms with van der Waals surface area (Å²) in [6.45, 7) is 4.19. The first kappa shape index (κ1) is 9.50. The Bertz CT molecular complexity index is 201. The number of carbonyl (C=O) groups is 1. The molecule has 0 N–H and O–H groups in total. The molecule has 0 bridgehead atoms. The van der Waals surface area contributed by atoms with Gasteiger partial charge in [0.05, 0.1) is 0 Å². The Labute approximate surface area is 74.9 Å². The van der Waals surface area contributed by atoms with Crippen LogP contribution in [0.15, 0.2) is 11.1 Å². The van der Waals surface area contributed by atoms with Crippen molar-refractivity contribution in [2.24, 2.45) is 0 Å². The smallest absolute Gasteiger partial charge is 0.158 e. The molecule has 0 aliphatic heterocycles. The predicted molar refractivity (Wildman–Crippen MR) is 51.1 cm³/mol. The monoisotopic (exact) mass is 166 g/mol. The van der Waals surface area contributed by atoms with Gasteiger partial charge in [-0.25, -0.2) is 0 Å². The molecule has 0 aromatic heterocycles. The molecular formula is C11H18O. The zero-order valence-corrected chi connectivity index (χ0v) is 8.15. The minimum atomic E-state index is 0.376. The highest BCUT2D eigenvalue weighted by molar-refractivity contribution is 5.98. The maximum atomic E-state index is 11.2. The molecule has 0 saturated carbocycles. The number of unbranched alkanes of at least 4 members (excludes halogenated alkanes) is 2. The number of carbonyl (C=O) groups excluding carboxylic acids is 1. The van der Waals surface area contributed by atoms with Crippen LogP contribution in [0.3, 0.4) is 0 Å². The lowest BCUT2D eigenvalue weighted by Gasteiger charge is -2.01. The van der Waals surface area contributed by atoms with Gasteiger partial charge >= 0.3 is 0 Å². The third-order valence-electron chi connectivity index (χ3n) is 2.68. The van der Waals surface area contributed by atoms with E-state index in [1.807, 2.05) is 6.92 Å². The molecule has 0 atom stereocenters. The Morgan fingerprint density at radius 3 is 2.50 bits per heavy atom. The highest BCUT2D eigenvalue weighted by atomic mass is 16.1. The van der Waals surface area contributed by atoms with Crippen LogP contribution in [0.25, 0.3) is 0 Å². The summed E-state index contributed by atoms with van der Waals surface area (Å²) in [6, 6.07) is 0. The topological polar surface area (TPSA) is 17.1 Å². The molecule has 1 aliphatic carbocycles. The van der Waals surface area contributed by atoms with Crippen LogP contribution < -0.4 is 0 Å². The number of rotatable bonds is 4. The molecule has 0 radical (unpaired) electrons. The number of ketones is 1. The van der Waals surface area contributed by atoms with E-state index in [1.54, 1.807) is 0 Å². The van der Waals surface area contributed by atoms with Crippen LogP contribution in [-0.2, 0) is 4.79 Å². The Balaban J connectivity index is 2.37. The van der Waals surface area contributed by atoms with Gasteiger partial charge in [0.1, 0.15) is 0 Å². The number of hydrogen-bond donors (Lipinski definition) is 0. The summed E-state index contributed by atoms with van der Waals surface area (Å²) >= 11 is 0. The van der Waals surface area contributed by atoms with E-state index in [4.69, 9.17) is 0 Å². The van der Waals surface area contributed by atoms with Crippen LogP contribution in [0, 0.1) is 0 Å². The summed E-state index contributed by atoms with van der Waals surface area (Å²) in [5.74, 6) is 0.376. The van der Waals surface area contributed by atoms with Gasteiger partial charge in [-0.3, -0.25) is 4.79 Å². The molecule has 1 aliphatic rings. The van der Waals surface area contributed by atoms with Crippen molar-refractivity contribution >= 4 is 5.78 Å². The van der Waals surface area contributed by atoms with Crippen molar-refractivity contribution < 1.29 is 4.79 Å². The normalized spacial score (nSPS) is 17.7. The van der Waals surface area contributed by atoms with Crippen LogP contribution in [0.5, 0.6) is 0 Å². The average molecular weight is 166 g/mol. The predicted octanol–water partition coefficient (Wildman–Crippen LogP) is 3.25. The van der Waals surface area contributed by atoms with E-state index in [-0.39, 0.29) is 0 Å². The van der Waals surface area contributed by atoms with Gasteiger partial charge in [0.15, 0.2) is 5.78 Å². The van der Waals surface area contributed by atoms with Crippen LogP contribution in [-0.4, -0.2) is 5.78 Å². The fourth-order valence-corrected chi connectivity index (χ4v) is 1.74. The summed E-state index contributed by atoms with van der Waals surface area (Å²) in [4.78, 5) is 11.2. The SMILES string of the molecule is CCCCCC1=C(C)C(=O)CC1. The van der Waals surface area contributed by atoms with Gasteiger partial charge in [-0.15, -0.1) is 0 Å². The molecule has 0 saturated heterocycles. The van der Waals surface area contributed by atoms with E-state index in [0.717, 1.165) is 24.8 Å². The molecule has 0 spiro atoms. The van der Waals surface area contributed by atoms with Gasteiger partial charge in [-0.05, 0) is 31.8 Å². The van der Waals surface area contributed by atoms with Crippen molar-refractivity contribution in [3.63, 3.8) is 0 Å². The van der Waals surface area contributed by atoms with E-state index in [0.29, 0.717) is 5.78 Å². The van der Waals surface area contributed by atoms with Crippen LogP contribution in [0.2, 0.25) is 0 Å². The molecule has 12 heavy (non-hydrogen) atoms. The molecule has 1 nitrogen and oxygen atoms in total. The minimum absolute atomic E-state index is 0.376. The van der Waals surface area contributed by atoms with E-state index in [1.165, 1.54) is 24.8 Å². The van der Waals surface area contributed by atoms with Crippen molar-refractivity contribution in [1.29, 1.82) is 0 Å². The minimum Gasteiger partial charge on any atom is -0.295 e. The summed E-state index contributed by atoms with van der Waals surface area (Å²) < 4.78 is 0. The average Bonchev–Trinajstić information content (AvgIpc) is 2.36. The molecular weight excluding hydrogens is 148 g/mol. The Morgan fingerprint density at radius 2 is 2.00 bits per heavy atom. The lowest BCUT2D eigenvalue weighted by atomic mass is 10.0. The Kier molecular flexibility index (Phi) is 3.51. The first-order valence-electron chi connectivity index (χ1n) is 4.97. The summed E-state index contributed by atoms with van der Waals surface area (Å²) in [7, 11) is 0. The second-order valence-electron chi connectivity index (χ2n) is 3.61. The van der Waals surface area contributed by atoms with Crippen LogP contribution >= 0.6 is 0 Å². The summed E-state index contributed by atoms with van der Waals surface area (Å²) in [5.41, 5.74) is 2.49. The highest BCUT2D eigenvalue weighted by Gasteiger charge is 2.17. The number of Topliss-reactive ketones (excluding diaryl/α,β-unsaturated/α-hetero) is 1. The quantitative estimate of drug-likeness (QED) is 0.586. The number of allylic oxidation sites excluding steroid dienone is 2. The van der Waals surface area contributed by atoms with Crippen molar-refractivity contribution in [1.82, 2.24) is 0 Å². The molecule has 0 unspecified atom stereocenters. The van der Waals surface area contributed by atoms with Crippen molar-refractivity contribution in [2.45, 2.75) is 52.4 Å². The molecule has 0 aromatic rings. The van der Waals surface area contributed by atoms with Gasteiger partial charge in [0.25, 0.3) is 0 Å². The lowest BCUT2D eigenvalue weighted by Crippen LogP contribution is -1.90. The number of hydrogen-bond acceptors (Lipinski definition) is 1. The maximum Gasteiger partial charge on any atom is 0.158 e. The van der Waals surface area contributed by atoms with Gasteiger partial charge in [-0.2, -0.15) is 0 Å². The van der Waals surface area contributed by atoms with Crippen LogP contribution in [0.4, 0.5) is 0 Å². The zero-order chi connectivity index (χ0) is 8.97. The molecule has 68 valence electrons. The van der Waals surface area contributed by atoms with E-state index in [9.17, 15) is 4.79 Å². The molecule has 0 fully saturated rings. The molecule has 0 amide bonds. The standard InChI is InChI=1S/C11H18O/c1-3-4-5-6-10-7-8-11(12)9(10)2/h3-8H2,1-2H3. The van der Waals surface area contributed by atoms with Crippen LogP contribution in [0.1, 0.15) is 52.4 Å². The second kappa shape index (κ2) is 4.44. The third kappa shape index (κ3) is 2.20. The summed E-state index contributed by atoms with van der Waals surface area (Å²) in [6.07, 6.45) is 6.79. The Hall–Kier alpha value is -0.590. The highest BCUT2D eigenvalue weighted by Crippen LogP contribution is 2.26. The van der Waals surface area contributed by atoms with Crippen molar-refractivity contribution in [3.8, 4) is 0 Å². The molecule has 0 heterocycles. The lowest BCUT2D eigenvalue weighted by molar-refractivity contribution is -0.114. The zero-order valence-electron chi connectivity index (χ0n) is 8.15. The van der Waals surface area contributed by atoms with E-state index in [2.05, 4.69) is 6.92 Å². The van der Waals surface area contributed by atoms with E-state index < -0.39 is 0 Å². The largest absolute Gasteiger partial charge is 0.295 e. The first-order valence-corrected chi connectivity index (χ1v) is 4.97. The van der Waals surface area contributed by atoms with Gasteiger partial charge in [0.2, 0.25) is 0 Å². The van der Waals surface area contributed by atoms with Crippen molar-refractivity contribution in [2.75, 3.05) is 0 Å². The fourth-order valence-electron chi connectivity index (χ4n) is 1.74.